The van der Waals surface area contributed by atoms with Crippen molar-refractivity contribution in [2.75, 3.05) is 39.5 Å². The maximum Gasteiger partial charge on any atom is 0.490 e. The standard InChI is InChI=1S/C17H23NO4.C2HF3O2/c19-16(20)14-3-1-2-4-15(14)22-12-9-18-8-5-17(13-18)6-10-21-11-7-17;3-2(4,5)1(6)7/h1-4H,5-13H2,(H,19,20);(H,6,7). The van der Waals surface area contributed by atoms with Crippen molar-refractivity contribution in [1.29, 1.82) is 0 Å². The van der Waals surface area contributed by atoms with Crippen LogP contribution >= 0.6 is 0 Å². The Bertz CT molecular complexity index is 703. The van der Waals surface area contributed by atoms with Gasteiger partial charge < -0.3 is 19.7 Å². The number of carboxylic acid groups (broad SMARTS) is 2. The van der Waals surface area contributed by atoms with Crippen LogP contribution in [0.2, 0.25) is 0 Å². The smallest absolute Gasteiger partial charge is 0.490 e. The van der Waals surface area contributed by atoms with Crippen molar-refractivity contribution in [3.63, 3.8) is 0 Å². The number of ether oxygens (including phenoxy) is 2. The Hall–Kier alpha value is -2.33. The predicted molar refractivity (Wildman–Crippen MR) is 96.1 cm³/mol. The first kappa shape index (κ1) is 23.0. The van der Waals surface area contributed by atoms with Gasteiger partial charge in [-0.1, -0.05) is 12.1 Å². The molecule has 0 unspecified atom stereocenters. The number of likely N-dealkylation sites (tertiary alicyclic amines) is 1. The average molecular weight is 419 g/mol. The zero-order chi connectivity index (χ0) is 21.5. The van der Waals surface area contributed by atoms with E-state index in [1.54, 1.807) is 24.3 Å². The molecule has 2 fully saturated rings. The van der Waals surface area contributed by atoms with E-state index < -0.39 is 18.1 Å². The minimum atomic E-state index is -5.08. The first-order chi connectivity index (χ1) is 13.6. The van der Waals surface area contributed by atoms with Gasteiger partial charge in [-0.05, 0) is 43.4 Å². The van der Waals surface area contributed by atoms with Gasteiger partial charge in [0.1, 0.15) is 17.9 Å². The lowest BCUT2D eigenvalue weighted by atomic mass is 9.80. The normalized spacial score (nSPS) is 18.7. The largest absolute Gasteiger partial charge is 0.491 e. The zero-order valence-electron chi connectivity index (χ0n) is 15.8. The molecular weight excluding hydrogens is 395 g/mol. The summed E-state index contributed by atoms with van der Waals surface area (Å²) in [5, 5.41) is 16.3. The Morgan fingerprint density at radius 3 is 2.34 bits per heavy atom. The van der Waals surface area contributed by atoms with E-state index >= 15 is 0 Å². The Labute approximate surface area is 166 Å². The molecule has 2 heterocycles. The van der Waals surface area contributed by atoms with Crippen LogP contribution in [0.5, 0.6) is 5.75 Å². The number of para-hydroxylation sites is 1. The molecule has 2 saturated heterocycles. The van der Waals surface area contributed by atoms with E-state index in [2.05, 4.69) is 4.90 Å². The quantitative estimate of drug-likeness (QED) is 0.758. The molecule has 10 heteroatoms. The van der Waals surface area contributed by atoms with Crippen molar-refractivity contribution in [1.82, 2.24) is 4.90 Å². The van der Waals surface area contributed by atoms with Gasteiger partial charge in [-0.25, -0.2) is 9.59 Å². The van der Waals surface area contributed by atoms with Crippen LogP contribution in [-0.2, 0) is 9.53 Å². The van der Waals surface area contributed by atoms with Crippen LogP contribution in [0.4, 0.5) is 13.2 Å². The molecule has 2 N–H and O–H groups in total. The van der Waals surface area contributed by atoms with Crippen molar-refractivity contribution < 1.29 is 42.4 Å². The van der Waals surface area contributed by atoms with Gasteiger partial charge >= 0.3 is 18.1 Å². The maximum absolute atomic E-state index is 11.1. The lowest BCUT2D eigenvalue weighted by Gasteiger charge is -2.33. The topological polar surface area (TPSA) is 96.3 Å². The van der Waals surface area contributed by atoms with Crippen molar-refractivity contribution in [2.45, 2.75) is 25.4 Å². The molecule has 3 rings (SSSR count). The molecule has 0 atom stereocenters. The van der Waals surface area contributed by atoms with E-state index in [1.807, 2.05) is 0 Å². The van der Waals surface area contributed by atoms with Crippen molar-refractivity contribution in [2.24, 2.45) is 5.41 Å². The fraction of sp³-hybridized carbons (Fsp3) is 0.579. The van der Waals surface area contributed by atoms with E-state index in [0.717, 1.165) is 45.7 Å². The minimum absolute atomic E-state index is 0.227. The number of alkyl halides is 3. The Morgan fingerprint density at radius 2 is 1.76 bits per heavy atom. The fourth-order valence-corrected chi connectivity index (χ4v) is 3.49. The van der Waals surface area contributed by atoms with Gasteiger partial charge in [0.15, 0.2) is 0 Å². The highest BCUT2D eigenvalue weighted by atomic mass is 19.4. The van der Waals surface area contributed by atoms with Crippen LogP contribution in [-0.4, -0.2) is 72.7 Å². The van der Waals surface area contributed by atoms with Crippen molar-refractivity contribution in [3.8, 4) is 5.75 Å². The summed E-state index contributed by atoms with van der Waals surface area (Å²) in [5.41, 5.74) is 0.668. The highest BCUT2D eigenvalue weighted by Crippen LogP contribution is 2.39. The summed E-state index contributed by atoms with van der Waals surface area (Å²) in [6, 6.07) is 6.80. The summed E-state index contributed by atoms with van der Waals surface area (Å²) < 4.78 is 42.9. The summed E-state index contributed by atoms with van der Waals surface area (Å²) in [6.07, 6.45) is -1.53. The molecule has 0 bridgehead atoms. The van der Waals surface area contributed by atoms with Crippen molar-refractivity contribution in [3.05, 3.63) is 29.8 Å². The van der Waals surface area contributed by atoms with Gasteiger partial charge in [0.2, 0.25) is 0 Å². The summed E-state index contributed by atoms with van der Waals surface area (Å²) in [4.78, 5) is 22.5. The summed E-state index contributed by atoms with van der Waals surface area (Å²) in [7, 11) is 0. The number of nitrogens with zero attached hydrogens (tertiary/aromatic N) is 1. The Balaban J connectivity index is 0.000000370. The molecule has 2 aliphatic rings. The monoisotopic (exact) mass is 419 g/mol. The molecule has 7 nitrogen and oxygen atoms in total. The van der Waals surface area contributed by atoms with Crippen LogP contribution < -0.4 is 4.74 Å². The summed E-state index contributed by atoms with van der Waals surface area (Å²) in [6.45, 7) is 5.35. The van der Waals surface area contributed by atoms with Crippen LogP contribution in [0.3, 0.4) is 0 Å². The molecule has 1 aromatic rings. The third kappa shape index (κ3) is 6.90. The summed E-state index contributed by atoms with van der Waals surface area (Å²) >= 11 is 0. The van der Waals surface area contributed by atoms with E-state index in [0.29, 0.717) is 17.8 Å². The first-order valence-corrected chi connectivity index (χ1v) is 9.18. The van der Waals surface area contributed by atoms with Crippen LogP contribution in [0, 0.1) is 5.41 Å². The maximum atomic E-state index is 11.1. The molecule has 1 spiro atoms. The van der Waals surface area contributed by atoms with E-state index in [9.17, 15) is 18.0 Å². The van der Waals surface area contributed by atoms with Gasteiger partial charge in [0.05, 0.1) is 0 Å². The van der Waals surface area contributed by atoms with Crippen molar-refractivity contribution >= 4 is 11.9 Å². The molecular formula is C19H24F3NO6. The van der Waals surface area contributed by atoms with E-state index in [-0.39, 0.29) is 5.56 Å². The highest BCUT2D eigenvalue weighted by molar-refractivity contribution is 5.90. The number of hydrogen-bond acceptors (Lipinski definition) is 5. The molecule has 0 amide bonds. The molecule has 0 aliphatic carbocycles. The third-order valence-corrected chi connectivity index (χ3v) is 5.10. The molecule has 2 aliphatic heterocycles. The number of carboxylic acids is 2. The lowest BCUT2D eigenvalue weighted by Crippen LogP contribution is -2.34. The molecule has 1 aromatic carbocycles. The van der Waals surface area contributed by atoms with Gasteiger partial charge in [0.25, 0.3) is 0 Å². The number of rotatable bonds is 5. The van der Waals surface area contributed by atoms with Crippen LogP contribution in [0.1, 0.15) is 29.6 Å². The van der Waals surface area contributed by atoms with Gasteiger partial charge in [-0.3, -0.25) is 4.90 Å². The Kier molecular flexibility index (Phi) is 7.86. The summed E-state index contributed by atoms with van der Waals surface area (Å²) in [5.74, 6) is -3.25. The average Bonchev–Trinajstić information content (AvgIpc) is 3.04. The molecule has 29 heavy (non-hydrogen) atoms. The molecule has 0 radical (unpaired) electrons. The molecule has 0 aromatic heterocycles. The van der Waals surface area contributed by atoms with Crippen LogP contribution in [0.15, 0.2) is 24.3 Å². The fourth-order valence-electron chi connectivity index (χ4n) is 3.49. The number of benzene rings is 1. The zero-order valence-corrected chi connectivity index (χ0v) is 15.8. The minimum Gasteiger partial charge on any atom is -0.491 e. The van der Waals surface area contributed by atoms with E-state index in [4.69, 9.17) is 24.5 Å². The lowest BCUT2D eigenvalue weighted by molar-refractivity contribution is -0.192. The van der Waals surface area contributed by atoms with Gasteiger partial charge in [0, 0.05) is 26.3 Å². The molecule has 0 saturated carbocycles. The van der Waals surface area contributed by atoms with E-state index in [1.165, 1.54) is 6.42 Å². The third-order valence-electron chi connectivity index (χ3n) is 5.10. The molecule has 162 valence electrons. The number of halogens is 3. The highest BCUT2D eigenvalue weighted by Gasteiger charge is 2.39. The SMILES string of the molecule is O=C(O)C(F)(F)F.O=C(O)c1ccccc1OCCN1CCC2(CCOCC2)C1. The van der Waals surface area contributed by atoms with Gasteiger partial charge in [-0.15, -0.1) is 0 Å². The Morgan fingerprint density at radius 1 is 1.14 bits per heavy atom. The number of aliphatic carboxylic acids is 1. The first-order valence-electron chi connectivity index (χ1n) is 9.18. The second kappa shape index (κ2) is 9.93. The predicted octanol–water partition coefficient (Wildman–Crippen LogP) is 2.90. The number of carbonyl (C=O) groups is 2. The number of aromatic carboxylic acids is 1. The van der Waals surface area contributed by atoms with Crippen LogP contribution in [0.25, 0.3) is 0 Å². The second-order valence-corrected chi connectivity index (χ2v) is 7.09. The number of hydrogen-bond donors (Lipinski definition) is 2. The van der Waals surface area contributed by atoms with Gasteiger partial charge in [-0.2, -0.15) is 13.2 Å². The second-order valence-electron chi connectivity index (χ2n) is 7.09.